The molecule has 0 fully saturated rings. The van der Waals surface area contributed by atoms with E-state index in [2.05, 4.69) is 121 Å². The second-order valence-electron chi connectivity index (χ2n) is 24.7. The van der Waals surface area contributed by atoms with E-state index in [-0.39, 0.29) is 42.3 Å². The van der Waals surface area contributed by atoms with Crippen LogP contribution in [0.1, 0.15) is 69.8 Å². The van der Waals surface area contributed by atoms with Crippen molar-refractivity contribution in [2.45, 2.75) is 79.1 Å². The molecule has 12 aromatic rings. The number of thiazole rings is 1. The molecule has 0 aliphatic carbocycles. The minimum atomic E-state index is -3.61. The number of carbonyl (C=O) groups is 4. The first-order valence-electron chi connectivity index (χ1n) is 33.7. The number of nitrogens with one attached hydrogen (secondary N) is 3. The first kappa shape index (κ1) is 80.4. The van der Waals surface area contributed by atoms with E-state index in [0.717, 1.165) is 111 Å². The zero-order valence-electron chi connectivity index (χ0n) is 59.6. The number of anilines is 2. The molecule has 0 aliphatic rings. The molecule has 21 nitrogen and oxygen atoms in total. The lowest BCUT2D eigenvalue weighted by Gasteiger charge is -2.14. The van der Waals surface area contributed by atoms with Crippen molar-refractivity contribution in [1.29, 1.82) is 4.78 Å². The van der Waals surface area contributed by atoms with Gasteiger partial charge in [-0.2, -0.15) is 21.6 Å². The summed E-state index contributed by atoms with van der Waals surface area (Å²) in [5.41, 5.74) is 50.4. The number of hydrogen-bond acceptors (Lipinski definition) is 16. The lowest BCUT2D eigenvalue weighted by atomic mass is 9.92. The maximum atomic E-state index is 13.2. The van der Waals surface area contributed by atoms with Crippen LogP contribution < -0.4 is 38.1 Å². The number of hydrogen-bond donors (Lipinski definition) is 8. The molecule has 4 heterocycles. The fourth-order valence-corrected chi connectivity index (χ4v) is 13.1. The van der Waals surface area contributed by atoms with Crippen LogP contribution in [0.25, 0.3) is 88.3 Å². The van der Waals surface area contributed by atoms with Gasteiger partial charge in [-0.25, -0.2) is 29.0 Å². The number of pyridine rings is 2. The molecule has 0 unspecified atom stereocenters. The SMILES string of the molecule is CNS(=O)(=O)Nc1cccc(-c2ccc(-c3cccnc3)cc2CCC(N)=O)c1.Cc1cccc(-c2ccc(-c3ccc(F)cc3)cc2CCC(N)=O)c1.Cc1cccc(-c2ccc(-c3sc(C)nc3C)cc2CCC(N)=O)c1.N=S(=O)=O.NC(=O)CCc1cc(-c2cncnc2)ccc1-c1ccnc(N)c1. The zero-order valence-corrected chi connectivity index (χ0v) is 62.0. The molecule has 0 bridgehead atoms. The van der Waals surface area contributed by atoms with Gasteiger partial charge in [-0.3, -0.25) is 28.9 Å². The Morgan fingerprint density at radius 3 is 1.29 bits per heavy atom. The van der Waals surface area contributed by atoms with E-state index in [1.165, 1.54) is 47.1 Å². The Kier molecular flexibility index (Phi) is 29.3. The molecule has 0 saturated carbocycles. The number of halogens is 1. The van der Waals surface area contributed by atoms with Gasteiger partial charge in [0.1, 0.15) is 18.0 Å². The summed E-state index contributed by atoms with van der Waals surface area (Å²) in [5, 5.41) is 1.06. The van der Waals surface area contributed by atoms with Crippen LogP contribution in [0.3, 0.4) is 0 Å². The Hall–Kier alpha value is -12.3. The van der Waals surface area contributed by atoms with Gasteiger partial charge in [0.2, 0.25) is 23.6 Å². The highest BCUT2D eigenvalue weighted by atomic mass is 32.2. The third-order valence-corrected chi connectivity index (χ3v) is 18.8. The fourth-order valence-electron chi connectivity index (χ4n) is 11.7. The Morgan fingerprint density at radius 1 is 0.467 bits per heavy atom. The van der Waals surface area contributed by atoms with E-state index in [0.29, 0.717) is 50.0 Å². The normalized spacial score (nSPS) is 10.6. The number of carbonyl (C=O) groups excluding carboxylic acids is 4. The predicted octanol–water partition coefficient (Wildman–Crippen LogP) is 14.2. The van der Waals surface area contributed by atoms with E-state index in [1.54, 1.807) is 72.7 Å². The number of amides is 4. The minimum absolute atomic E-state index is 0.218. The van der Waals surface area contributed by atoms with Crippen LogP contribution in [0.2, 0.25) is 0 Å². The fraction of sp³-hybridized carbons (Fsp3) is 0.159. The summed E-state index contributed by atoms with van der Waals surface area (Å²) in [4.78, 5) is 67.1. The Balaban J connectivity index is 0.000000177. The molecular formula is C82H82FN13O8S3. The molecule has 4 aromatic heterocycles. The molecule has 0 radical (unpaired) electrons. The molecule has 25 heteroatoms. The number of nitrogen functional groups attached to an aromatic ring is 1. The Labute approximate surface area is 627 Å². The minimum Gasteiger partial charge on any atom is -0.384 e. The summed E-state index contributed by atoms with van der Waals surface area (Å²) in [7, 11) is -4.89. The molecule has 12 rings (SSSR count). The number of primary amides is 4. The van der Waals surface area contributed by atoms with E-state index >= 15 is 0 Å². The van der Waals surface area contributed by atoms with Crippen molar-refractivity contribution >= 4 is 67.2 Å². The van der Waals surface area contributed by atoms with Gasteiger partial charge in [-0.05, 0) is 202 Å². The highest BCUT2D eigenvalue weighted by Crippen LogP contribution is 2.37. The lowest BCUT2D eigenvalue weighted by Crippen LogP contribution is -2.26. The van der Waals surface area contributed by atoms with Crippen molar-refractivity contribution in [3.05, 3.63) is 281 Å². The molecular weight excluding hydrogens is 1410 g/mol. The monoisotopic (exact) mass is 1490 g/mol. The summed E-state index contributed by atoms with van der Waals surface area (Å²) in [6, 6.07) is 62.4. The summed E-state index contributed by atoms with van der Waals surface area (Å²) in [6.07, 6.45) is 13.6. The molecule has 8 aromatic carbocycles. The molecule has 0 atom stereocenters. The lowest BCUT2D eigenvalue weighted by molar-refractivity contribution is -0.118. The number of aryl methyl sites for hydroxylation is 8. The third-order valence-electron chi connectivity index (χ3n) is 16.7. The van der Waals surface area contributed by atoms with Gasteiger partial charge in [-0.15, -0.1) is 11.3 Å². The van der Waals surface area contributed by atoms with Gasteiger partial charge in [0, 0.05) is 69.3 Å². The smallest absolute Gasteiger partial charge is 0.308 e. The second kappa shape index (κ2) is 39.0. The molecule has 4 amide bonds. The first-order valence-corrected chi connectivity index (χ1v) is 37.1. The van der Waals surface area contributed by atoms with Gasteiger partial charge in [0.05, 0.1) is 21.3 Å². The maximum Gasteiger partial charge on any atom is 0.308 e. The van der Waals surface area contributed by atoms with Gasteiger partial charge < -0.3 is 28.7 Å². The standard InChI is InChI=1S/C22H20FNO.C21H22N4O3S.C21H22N2OS.C18H17N5O.HNO2S/c1-15-3-2-4-18(13-15)21-11-7-17(14-19(21)8-12-22(24)25)16-5-9-20(23)10-6-16;1-23-29(27,28)25-19-6-2-4-16(13-19)20-9-7-15(18-5-3-11-24-14-18)12-17(20)8-10-21(22)26;1-13-5-4-6-16(11-13)19-9-7-18(12-17(19)8-10-20(22)24)21-14(2)23-15(3)25-21;19-17-8-14(5-6-23-17)16-3-1-12(15-9-21-11-22-10-15)7-13(16)2-4-18(20)24;1-4(2)3/h2-7,9-11,13-14H,8,12H2,1H3,(H2,24,25);2-7,9,11-14,23,25H,8,10H2,1H3,(H2,22,26);4-7,9,11-12H,8,10H2,1-3H3,(H2,22,24);1,3,5-11H,2,4H2,(H2,19,23)(H2,20,24);1H. The van der Waals surface area contributed by atoms with Gasteiger partial charge in [-0.1, -0.05) is 157 Å². The number of aromatic nitrogens is 5. The van der Waals surface area contributed by atoms with Crippen LogP contribution in [0.15, 0.2) is 231 Å². The summed E-state index contributed by atoms with van der Waals surface area (Å²) in [6.45, 7) is 8.20. The Bertz CT molecular complexity index is 5340. The number of benzene rings is 8. The van der Waals surface area contributed by atoms with Gasteiger partial charge in [0.15, 0.2) is 0 Å². The highest BCUT2D eigenvalue weighted by molar-refractivity contribution is 7.90. The van der Waals surface area contributed by atoms with E-state index < -0.39 is 20.7 Å². The van der Waals surface area contributed by atoms with Crippen molar-refractivity contribution in [2.24, 2.45) is 22.9 Å². The first-order chi connectivity index (χ1) is 51.2. The molecule has 13 N–H and O–H groups in total. The van der Waals surface area contributed by atoms with Gasteiger partial charge >= 0.3 is 10.5 Å². The second-order valence-corrected chi connectivity index (χ2v) is 28.0. The van der Waals surface area contributed by atoms with E-state index in [4.69, 9.17) is 41.9 Å². The predicted molar refractivity (Wildman–Crippen MR) is 423 cm³/mol. The van der Waals surface area contributed by atoms with E-state index in [9.17, 15) is 32.0 Å². The van der Waals surface area contributed by atoms with Crippen LogP contribution in [-0.2, 0) is 65.6 Å². The van der Waals surface area contributed by atoms with Crippen LogP contribution in [0.5, 0.6) is 0 Å². The molecule has 548 valence electrons. The molecule has 0 spiro atoms. The van der Waals surface area contributed by atoms with Crippen LogP contribution in [-0.4, -0.2) is 72.4 Å². The van der Waals surface area contributed by atoms with Crippen molar-refractivity contribution < 1.29 is 40.4 Å². The summed E-state index contributed by atoms with van der Waals surface area (Å²) in [5.74, 6) is -1.10. The van der Waals surface area contributed by atoms with Crippen molar-refractivity contribution in [3.8, 4) is 88.3 Å². The molecule has 0 aliphatic heterocycles. The Morgan fingerprint density at radius 2 is 0.869 bits per heavy atom. The average molecular weight is 1490 g/mol. The van der Waals surface area contributed by atoms with Crippen LogP contribution in [0.4, 0.5) is 15.9 Å². The average Bonchev–Trinajstić information content (AvgIpc) is 1.77. The summed E-state index contributed by atoms with van der Waals surface area (Å²) < 4.78 is 64.2. The number of rotatable bonds is 23. The number of nitrogens with two attached hydrogens (primary N) is 5. The van der Waals surface area contributed by atoms with Crippen molar-refractivity contribution in [2.75, 3.05) is 17.5 Å². The van der Waals surface area contributed by atoms with Crippen LogP contribution >= 0.6 is 11.3 Å². The quantitative estimate of drug-likeness (QED) is 0.0295. The highest BCUT2D eigenvalue weighted by Gasteiger charge is 2.17. The van der Waals surface area contributed by atoms with Gasteiger partial charge in [0.25, 0.3) is 10.2 Å². The topological polar surface area (TPSA) is 379 Å². The van der Waals surface area contributed by atoms with Crippen molar-refractivity contribution in [1.82, 2.24) is 29.6 Å². The maximum absolute atomic E-state index is 13.2. The van der Waals surface area contributed by atoms with Crippen LogP contribution in [0, 0.1) is 38.3 Å². The zero-order chi connectivity index (χ0) is 77.2. The largest absolute Gasteiger partial charge is 0.384 e. The molecule has 107 heavy (non-hydrogen) atoms. The van der Waals surface area contributed by atoms with Crippen molar-refractivity contribution in [3.63, 3.8) is 0 Å². The molecule has 0 saturated heterocycles. The van der Waals surface area contributed by atoms with E-state index in [1.807, 2.05) is 92.7 Å². The summed E-state index contributed by atoms with van der Waals surface area (Å²) >= 11 is 1.70. The number of nitrogens with zero attached hydrogens (tertiary/aromatic N) is 5. The third kappa shape index (κ3) is 25.0.